The summed E-state index contributed by atoms with van der Waals surface area (Å²) in [7, 11) is 4.06. The maximum absolute atomic E-state index is 13.2. The van der Waals surface area contributed by atoms with Gasteiger partial charge in [0.1, 0.15) is 5.58 Å². The fraction of sp³-hybridized carbons (Fsp3) is 0.250. The predicted molar refractivity (Wildman–Crippen MR) is 97.3 cm³/mol. The molecule has 1 N–H and O–H groups in total. The number of para-hydroxylation sites is 1. The number of amides is 1. The SMILES string of the molecule is C[NH+](C)CCN1C(=O)c2oc3ccccc3c(=O)c2[C@@H]1c1cccnc1. The Bertz CT molecular complexity index is 1030. The first-order valence-corrected chi connectivity index (χ1v) is 8.63. The van der Waals surface area contributed by atoms with Crippen LogP contribution in [0.2, 0.25) is 0 Å². The number of rotatable bonds is 4. The van der Waals surface area contributed by atoms with Gasteiger partial charge in [-0.3, -0.25) is 14.6 Å². The number of nitrogens with zero attached hydrogens (tertiary/aromatic N) is 2. The molecular formula is C20H20N3O3+. The molecule has 0 aliphatic carbocycles. The van der Waals surface area contributed by atoms with Crippen molar-refractivity contribution in [1.82, 2.24) is 9.88 Å². The molecule has 0 spiro atoms. The van der Waals surface area contributed by atoms with Crippen LogP contribution in [0.3, 0.4) is 0 Å². The fourth-order valence-corrected chi connectivity index (χ4v) is 3.43. The van der Waals surface area contributed by atoms with Crippen LogP contribution in [0, 0.1) is 0 Å². The Hall–Kier alpha value is -2.99. The molecule has 26 heavy (non-hydrogen) atoms. The van der Waals surface area contributed by atoms with Gasteiger partial charge in [0, 0.05) is 12.4 Å². The standard InChI is InChI=1S/C20H19N3O3/c1-22(2)10-11-23-17(13-6-5-9-21-12-13)16-18(24)14-7-3-4-8-15(14)26-19(16)20(23)25/h3-9,12,17H,10-11H2,1-2H3/p+1/t17-/m0/s1. The molecule has 132 valence electrons. The Labute approximate surface area is 150 Å². The van der Waals surface area contributed by atoms with Crippen molar-refractivity contribution < 1.29 is 14.1 Å². The van der Waals surface area contributed by atoms with Gasteiger partial charge in [-0.15, -0.1) is 0 Å². The maximum Gasteiger partial charge on any atom is 0.291 e. The van der Waals surface area contributed by atoms with Crippen molar-refractivity contribution in [3.63, 3.8) is 0 Å². The van der Waals surface area contributed by atoms with Crippen LogP contribution < -0.4 is 10.3 Å². The Morgan fingerprint density at radius 3 is 2.69 bits per heavy atom. The molecule has 6 heteroatoms. The highest BCUT2D eigenvalue weighted by Gasteiger charge is 2.42. The lowest BCUT2D eigenvalue weighted by atomic mass is 10.00. The third-order valence-electron chi connectivity index (χ3n) is 4.73. The molecule has 0 saturated heterocycles. The van der Waals surface area contributed by atoms with Crippen LogP contribution in [-0.2, 0) is 0 Å². The summed E-state index contributed by atoms with van der Waals surface area (Å²) in [6, 6.07) is 10.3. The first-order valence-electron chi connectivity index (χ1n) is 8.63. The van der Waals surface area contributed by atoms with E-state index < -0.39 is 6.04 Å². The molecule has 0 saturated carbocycles. The molecule has 4 rings (SSSR count). The minimum atomic E-state index is -0.466. The van der Waals surface area contributed by atoms with Crippen molar-refractivity contribution in [1.29, 1.82) is 0 Å². The largest absolute Gasteiger partial charge is 0.450 e. The quantitative estimate of drug-likeness (QED) is 0.758. The van der Waals surface area contributed by atoms with Gasteiger partial charge in [0.05, 0.1) is 44.2 Å². The van der Waals surface area contributed by atoms with Crippen molar-refractivity contribution in [3.8, 4) is 0 Å². The van der Waals surface area contributed by atoms with E-state index in [-0.39, 0.29) is 17.1 Å². The highest BCUT2D eigenvalue weighted by atomic mass is 16.3. The van der Waals surface area contributed by atoms with Crippen molar-refractivity contribution in [2.75, 3.05) is 27.2 Å². The van der Waals surface area contributed by atoms with Crippen molar-refractivity contribution in [2.24, 2.45) is 0 Å². The minimum absolute atomic E-state index is 0.149. The molecule has 1 aromatic carbocycles. The summed E-state index contributed by atoms with van der Waals surface area (Å²) >= 11 is 0. The summed E-state index contributed by atoms with van der Waals surface area (Å²) in [4.78, 5) is 33.3. The number of nitrogens with one attached hydrogen (secondary N) is 1. The summed E-state index contributed by atoms with van der Waals surface area (Å²) in [5, 5.41) is 0.494. The number of hydrogen-bond acceptors (Lipinski definition) is 4. The van der Waals surface area contributed by atoms with E-state index in [9.17, 15) is 9.59 Å². The molecule has 0 radical (unpaired) electrons. The van der Waals surface area contributed by atoms with E-state index in [1.807, 2.05) is 26.2 Å². The van der Waals surface area contributed by atoms with Gasteiger partial charge in [-0.25, -0.2) is 0 Å². The summed E-state index contributed by atoms with van der Waals surface area (Å²) in [6.07, 6.45) is 3.38. The normalized spacial score (nSPS) is 16.5. The predicted octanol–water partition coefficient (Wildman–Crippen LogP) is 0.878. The van der Waals surface area contributed by atoms with Gasteiger partial charge >= 0.3 is 0 Å². The smallest absolute Gasteiger partial charge is 0.291 e. The number of carbonyl (C=O) groups is 1. The molecule has 0 bridgehead atoms. The van der Waals surface area contributed by atoms with Crippen molar-refractivity contribution in [3.05, 3.63) is 75.9 Å². The van der Waals surface area contributed by atoms with Crippen LogP contribution in [0.25, 0.3) is 11.0 Å². The Morgan fingerprint density at radius 2 is 1.96 bits per heavy atom. The zero-order chi connectivity index (χ0) is 18.3. The average Bonchev–Trinajstić information content (AvgIpc) is 2.93. The number of aromatic nitrogens is 1. The van der Waals surface area contributed by atoms with Gasteiger partial charge in [0.25, 0.3) is 5.91 Å². The van der Waals surface area contributed by atoms with Crippen LogP contribution in [-0.4, -0.2) is 43.0 Å². The number of likely N-dealkylation sites (N-methyl/N-ethyl adjacent to an activating group) is 1. The van der Waals surface area contributed by atoms with E-state index in [2.05, 4.69) is 4.98 Å². The first-order chi connectivity index (χ1) is 12.6. The Balaban J connectivity index is 1.93. The van der Waals surface area contributed by atoms with E-state index in [0.717, 1.165) is 12.1 Å². The average molecular weight is 350 g/mol. The lowest BCUT2D eigenvalue weighted by Gasteiger charge is -2.25. The van der Waals surface area contributed by atoms with E-state index in [0.29, 0.717) is 23.1 Å². The molecule has 3 aromatic rings. The molecular weight excluding hydrogens is 330 g/mol. The lowest BCUT2D eigenvalue weighted by Crippen LogP contribution is -3.06. The van der Waals surface area contributed by atoms with E-state index in [1.165, 1.54) is 4.90 Å². The van der Waals surface area contributed by atoms with E-state index in [4.69, 9.17) is 4.42 Å². The molecule has 1 aliphatic heterocycles. The fourth-order valence-electron chi connectivity index (χ4n) is 3.43. The summed E-state index contributed by atoms with van der Waals surface area (Å²) in [5.41, 5.74) is 1.52. The van der Waals surface area contributed by atoms with Crippen LogP contribution >= 0.6 is 0 Å². The van der Waals surface area contributed by atoms with Gasteiger partial charge in [-0.1, -0.05) is 18.2 Å². The zero-order valence-electron chi connectivity index (χ0n) is 14.7. The molecule has 1 atom stereocenters. The lowest BCUT2D eigenvalue weighted by molar-refractivity contribution is -0.857. The monoisotopic (exact) mass is 350 g/mol. The second-order valence-corrected chi connectivity index (χ2v) is 6.81. The summed E-state index contributed by atoms with van der Waals surface area (Å²) < 4.78 is 5.87. The Morgan fingerprint density at radius 1 is 1.15 bits per heavy atom. The van der Waals surface area contributed by atoms with Gasteiger partial charge in [-0.2, -0.15) is 0 Å². The Kier molecular flexibility index (Phi) is 4.05. The highest BCUT2D eigenvalue weighted by molar-refractivity contribution is 5.99. The third-order valence-corrected chi connectivity index (χ3v) is 4.73. The van der Waals surface area contributed by atoms with Gasteiger partial charge < -0.3 is 14.2 Å². The minimum Gasteiger partial charge on any atom is -0.450 e. The summed E-state index contributed by atoms with van der Waals surface area (Å²) in [5.74, 6) is -0.0886. The van der Waals surface area contributed by atoms with E-state index in [1.54, 1.807) is 41.6 Å². The number of benzene rings is 1. The number of hydrogen-bond donors (Lipinski definition) is 1. The first kappa shape index (κ1) is 16.5. The molecule has 1 aliphatic rings. The van der Waals surface area contributed by atoms with Crippen molar-refractivity contribution >= 4 is 16.9 Å². The maximum atomic E-state index is 13.2. The van der Waals surface area contributed by atoms with Crippen LogP contribution in [0.1, 0.15) is 27.7 Å². The molecule has 6 nitrogen and oxygen atoms in total. The van der Waals surface area contributed by atoms with Crippen LogP contribution in [0.4, 0.5) is 0 Å². The molecule has 1 amide bonds. The number of quaternary nitrogens is 1. The van der Waals surface area contributed by atoms with Crippen molar-refractivity contribution in [2.45, 2.75) is 6.04 Å². The highest BCUT2D eigenvalue weighted by Crippen LogP contribution is 2.37. The molecule has 0 fully saturated rings. The number of pyridine rings is 1. The molecule has 0 unspecified atom stereocenters. The topological polar surface area (TPSA) is 67.8 Å². The van der Waals surface area contributed by atoms with Crippen LogP contribution in [0.5, 0.6) is 0 Å². The molecule has 2 aromatic heterocycles. The van der Waals surface area contributed by atoms with E-state index >= 15 is 0 Å². The second-order valence-electron chi connectivity index (χ2n) is 6.81. The van der Waals surface area contributed by atoms with Gasteiger partial charge in [0.15, 0.2) is 5.43 Å². The zero-order valence-corrected chi connectivity index (χ0v) is 14.7. The second kappa shape index (κ2) is 6.38. The van der Waals surface area contributed by atoms with Gasteiger partial charge in [-0.05, 0) is 23.8 Å². The number of carbonyl (C=O) groups excluding carboxylic acids is 1. The summed E-state index contributed by atoms with van der Waals surface area (Å²) in [6.45, 7) is 1.30. The molecule has 3 heterocycles. The number of fused-ring (bicyclic) bond motifs is 2. The van der Waals surface area contributed by atoms with Crippen LogP contribution in [0.15, 0.2) is 58.0 Å². The van der Waals surface area contributed by atoms with Gasteiger partial charge in [0.2, 0.25) is 5.76 Å². The third kappa shape index (κ3) is 2.59.